The van der Waals surface area contributed by atoms with Gasteiger partial charge in [-0.25, -0.2) is 0 Å². The van der Waals surface area contributed by atoms with Crippen molar-refractivity contribution in [2.45, 2.75) is 25.4 Å². The first kappa shape index (κ1) is 14.3. The highest BCUT2D eigenvalue weighted by Crippen LogP contribution is 2.28. The Hall–Kier alpha value is -2.13. The van der Waals surface area contributed by atoms with E-state index in [0.717, 1.165) is 16.7 Å². The molecule has 1 atom stereocenters. The molecule has 0 fully saturated rings. The van der Waals surface area contributed by atoms with Crippen LogP contribution in [0.5, 0.6) is 0 Å². The van der Waals surface area contributed by atoms with Gasteiger partial charge in [-0.05, 0) is 30.0 Å². The number of carboxylic acids is 1. The minimum Gasteiger partial charge on any atom is -0.481 e. The molecule has 1 unspecified atom stereocenters. The van der Waals surface area contributed by atoms with Crippen LogP contribution in [0.15, 0.2) is 54.6 Å². The molecular weight excluding hydrogens is 252 g/mol. The molecule has 0 saturated heterocycles. The van der Waals surface area contributed by atoms with E-state index in [1.165, 1.54) is 0 Å². The Balaban J connectivity index is 2.17. The van der Waals surface area contributed by atoms with Crippen molar-refractivity contribution in [3.63, 3.8) is 0 Å². The number of carboxylic acid groups (broad SMARTS) is 1. The molecule has 0 radical (unpaired) electrons. The summed E-state index contributed by atoms with van der Waals surface area (Å²) in [5.74, 6) is -0.897. The SMILES string of the molecule is CC(O)(CCC(=O)O)c1ccc(-c2ccccc2)cc1. The van der Waals surface area contributed by atoms with E-state index in [1.54, 1.807) is 6.92 Å². The van der Waals surface area contributed by atoms with E-state index in [0.29, 0.717) is 0 Å². The highest BCUT2D eigenvalue weighted by molar-refractivity contribution is 5.67. The van der Waals surface area contributed by atoms with Crippen molar-refractivity contribution in [1.82, 2.24) is 0 Å². The third kappa shape index (κ3) is 3.45. The van der Waals surface area contributed by atoms with Gasteiger partial charge >= 0.3 is 5.97 Å². The topological polar surface area (TPSA) is 57.5 Å². The van der Waals surface area contributed by atoms with Crippen LogP contribution in [-0.4, -0.2) is 16.2 Å². The number of hydrogen-bond donors (Lipinski definition) is 2. The lowest BCUT2D eigenvalue weighted by Crippen LogP contribution is -2.22. The maximum absolute atomic E-state index is 10.6. The summed E-state index contributed by atoms with van der Waals surface area (Å²) in [7, 11) is 0. The minimum atomic E-state index is -1.12. The van der Waals surface area contributed by atoms with Crippen LogP contribution >= 0.6 is 0 Å². The predicted octanol–water partition coefficient (Wildman–Crippen LogP) is 3.43. The van der Waals surface area contributed by atoms with Gasteiger partial charge in [-0.15, -0.1) is 0 Å². The predicted molar refractivity (Wildman–Crippen MR) is 78.3 cm³/mol. The van der Waals surface area contributed by atoms with Crippen molar-refractivity contribution in [3.05, 3.63) is 60.2 Å². The molecular formula is C17H18O3. The summed E-state index contributed by atoms with van der Waals surface area (Å²) in [6, 6.07) is 17.6. The van der Waals surface area contributed by atoms with E-state index in [2.05, 4.69) is 0 Å². The molecule has 2 aromatic rings. The maximum Gasteiger partial charge on any atom is 0.303 e. The van der Waals surface area contributed by atoms with Gasteiger partial charge in [0.05, 0.1) is 5.60 Å². The Labute approximate surface area is 118 Å². The lowest BCUT2D eigenvalue weighted by atomic mass is 9.90. The summed E-state index contributed by atoms with van der Waals surface area (Å²) in [6.07, 6.45) is 0.153. The Bertz CT molecular complexity index is 571. The Morgan fingerprint density at radius 1 is 1.00 bits per heavy atom. The van der Waals surface area contributed by atoms with E-state index in [-0.39, 0.29) is 12.8 Å². The van der Waals surface area contributed by atoms with E-state index >= 15 is 0 Å². The molecule has 104 valence electrons. The third-order valence-corrected chi connectivity index (χ3v) is 3.44. The van der Waals surface area contributed by atoms with Crippen molar-refractivity contribution in [2.24, 2.45) is 0 Å². The summed E-state index contributed by atoms with van der Waals surface area (Å²) in [6.45, 7) is 1.65. The van der Waals surface area contributed by atoms with Gasteiger partial charge in [0.25, 0.3) is 0 Å². The average molecular weight is 270 g/mol. The van der Waals surface area contributed by atoms with Gasteiger partial charge in [-0.3, -0.25) is 4.79 Å². The van der Waals surface area contributed by atoms with Crippen molar-refractivity contribution < 1.29 is 15.0 Å². The van der Waals surface area contributed by atoms with Crippen LogP contribution in [0.3, 0.4) is 0 Å². The molecule has 0 heterocycles. The molecule has 2 N–H and O–H groups in total. The van der Waals surface area contributed by atoms with Crippen LogP contribution in [0.4, 0.5) is 0 Å². The van der Waals surface area contributed by atoms with Crippen LogP contribution in [-0.2, 0) is 10.4 Å². The van der Waals surface area contributed by atoms with Crippen molar-refractivity contribution in [3.8, 4) is 11.1 Å². The number of carbonyl (C=O) groups is 1. The summed E-state index contributed by atoms with van der Waals surface area (Å²) in [4.78, 5) is 10.6. The number of rotatable bonds is 5. The molecule has 0 aliphatic carbocycles. The number of benzene rings is 2. The zero-order chi connectivity index (χ0) is 14.6. The molecule has 3 nitrogen and oxygen atoms in total. The summed E-state index contributed by atoms with van der Waals surface area (Å²) in [5.41, 5.74) is 1.80. The van der Waals surface area contributed by atoms with Gasteiger partial charge < -0.3 is 10.2 Å². The summed E-state index contributed by atoms with van der Waals surface area (Å²) in [5, 5.41) is 19.0. The van der Waals surface area contributed by atoms with Gasteiger partial charge in [0.1, 0.15) is 0 Å². The average Bonchev–Trinajstić information content (AvgIpc) is 2.46. The lowest BCUT2D eigenvalue weighted by Gasteiger charge is -2.23. The van der Waals surface area contributed by atoms with Crippen LogP contribution in [0.25, 0.3) is 11.1 Å². The quantitative estimate of drug-likeness (QED) is 0.875. The Kier molecular flexibility index (Phi) is 4.20. The smallest absolute Gasteiger partial charge is 0.303 e. The van der Waals surface area contributed by atoms with Crippen molar-refractivity contribution >= 4 is 5.97 Å². The van der Waals surface area contributed by atoms with E-state index in [1.807, 2.05) is 54.6 Å². The highest BCUT2D eigenvalue weighted by atomic mass is 16.4. The second-order valence-corrected chi connectivity index (χ2v) is 5.11. The number of aliphatic hydroxyl groups is 1. The summed E-state index contributed by atoms with van der Waals surface area (Å²) >= 11 is 0. The first-order chi connectivity index (χ1) is 9.49. The molecule has 0 saturated carbocycles. The van der Waals surface area contributed by atoms with Gasteiger partial charge in [0.2, 0.25) is 0 Å². The fraction of sp³-hybridized carbons (Fsp3) is 0.235. The standard InChI is InChI=1S/C17H18O3/c1-17(20,12-11-16(18)19)15-9-7-14(8-10-15)13-5-3-2-4-6-13/h2-10,20H,11-12H2,1H3,(H,18,19). The normalized spacial score (nSPS) is 13.7. The Morgan fingerprint density at radius 3 is 2.10 bits per heavy atom. The van der Waals surface area contributed by atoms with Gasteiger partial charge in [0, 0.05) is 6.42 Å². The van der Waals surface area contributed by atoms with Crippen LogP contribution in [0, 0.1) is 0 Å². The van der Waals surface area contributed by atoms with Crippen LogP contribution < -0.4 is 0 Å². The lowest BCUT2D eigenvalue weighted by molar-refractivity contribution is -0.138. The van der Waals surface area contributed by atoms with Gasteiger partial charge in [0.15, 0.2) is 0 Å². The molecule has 0 aliphatic heterocycles. The van der Waals surface area contributed by atoms with E-state index in [9.17, 15) is 9.90 Å². The fourth-order valence-corrected chi connectivity index (χ4v) is 2.15. The van der Waals surface area contributed by atoms with Gasteiger partial charge in [-0.2, -0.15) is 0 Å². The first-order valence-corrected chi connectivity index (χ1v) is 6.59. The molecule has 0 aliphatic rings. The zero-order valence-electron chi connectivity index (χ0n) is 11.4. The third-order valence-electron chi connectivity index (χ3n) is 3.44. The van der Waals surface area contributed by atoms with Crippen molar-refractivity contribution in [2.75, 3.05) is 0 Å². The monoisotopic (exact) mass is 270 g/mol. The molecule has 2 aromatic carbocycles. The van der Waals surface area contributed by atoms with Crippen LogP contribution in [0.1, 0.15) is 25.3 Å². The molecule has 0 bridgehead atoms. The zero-order valence-corrected chi connectivity index (χ0v) is 11.4. The van der Waals surface area contributed by atoms with Gasteiger partial charge in [-0.1, -0.05) is 54.6 Å². The molecule has 20 heavy (non-hydrogen) atoms. The minimum absolute atomic E-state index is 0.0482. The molecule has 0 amide bonds. The summed E-state index contributed by atoms with van der Waals surface area (Å²) < 4.78 is 0. The molecule has 3 heteroatoms. The molecule has 2 rings (SSSR count). The molecule has 0 aromatic heterocycles. The second kappa shape index (κ2) is 5.88. The van der Waals surface area contributed by atoms with E-state index < -0.39 is 11.6 Å². The fourth-order valence-electron chi connectivity index (χ4n) is 2.15. The second-order valence-electron chi connectivity index (χ2n) is 5.11. The van der Waals surface area contributed by atoms with E-state index in [4.69, 9.17) is 5.11 Å². The van der Waals surface area contributed by atoms with Crippen molar-refractivity contribution in [1.29, 1.82) is 0 Å². The highest BCUT2D eigenvalue weighted by Gasteiger charge is 2.23. The largest absolute Gasteiger partial charge is 0.481 e. The number of hydrogen-bond acceptors (Lipinski definition) is 2. The Morgan fingerprint density at radius 2 is 1.55 bits per heavy atom. The first-order valence-electron chi connectivity index (χ1n) is 6.59. The van der Waals surface area contributed by atoms with Crippen LogP contribution in [0.2, 0.25) is 0 Å². The number of aliphatic carboxylic acids is 1. The molecule has 0 spiro atoms. The maximum atomic E-state index is 10.6.